The first-order valence-electron chi connectivity index (χ1n) is 8.91. The predicted octanol–water partition coefficient (Wildman–Crippen LogP) is 2.87. The van der Waals surface area contributed by atoms with Gasteiger partial charge in [0.15, 0.2) is 0 Å². The van der Waals surface area contributed by atoms with E-state index < -0.39 is 0 Å². The van der Waals surface area contributed by atoms with Crippen LogP contribution in [0.15, 0.2) is 59.6 Å². The van der Waals surface area contributed by atoms with Crippen molar-refractivity contribution >= 4 is 5.71 Å². The second kappa shape index (κ2) is 6.88. The van der Waals surface area contributed by atoms with Crippen molar-refractivity contribution in [2.45, 2.75) is 5.92 Å². The minimum atomic E-state index is 0.511. The number of hydrogen-bond donors (Lipinski definition) is 0. The van der Waals surface area contributed by atoms with Gasteiger partial charge in [-0.25, -0.2) is 0 Å². The first-order chi connectivity index (χ1) is 11.8. The molecule has 0 amide bonds. The average molecular weight is 319 g/mol. The fourth-order valence-corrected chi connectivity index (χ4v) is 3.79. The summed E-state index contributed by atoms with van der Waals surface area (Å²) in [7, 11) is 2.21. The zero-order valence-electron chi connectivity index (χ0n) is 14.4. The first-order valence-corrected chi connectivity index (χ1v) is 8.91. The third kappa shape index (κ3) is 3.14. The van der Waals surface area contributed by atoms with Gasteiger partial charge in [-0.05, 0) is 12.6 Å². The number of aliphatic imine (C=N–C) groups is 1. The summed E-state index contributed by atoms with van der Waals surface area (Å²) in [6, 6.07) is 19.4. The third-order valence-electron chi connectivity index (χ3n) is 5.25. The topological polar surface area (TPSA) is 18.8 Å². The summed E-state index contributed by atoms with van der Waals surface area (Å²) >= 11 is 0. The maximum atomic E-state index is 4.98. The van der Waals surface area contributed by atoms with Crippen molar-refractivity contribution in [1.29, 1.82) is 0 Å². The molecule has 4 rings (SSSR count). The molecule has 1 unspecified atom stereocenters. The van der Waals surface area contributed by atoms with Gasteiger partial charge in [0.25, 0.3) is 0 Å². The Kier molecular flexibility index (Phi) is 4.46. The fourth-order valence-electron chi connectivity index (χ4n) is 3.79. The van der Waals surface area contributed by atoms with Crippen LogP contribution in [0.5, 0.6) is 0 Å². The molecular weight excluding hydrogens is 294 g/mol. The van der Waals surface area contributed by atoms with E-state index in [1.807, 2.05) is 0 Å². The van der Waals surface area contributed by atoms with Crippen LogP contribution in [0.1, 0.15) is 22.6 Å². The smallest absolute Gasteiger partial charge is 0.0722 e. The number of nitrogens with zero attached hydrogens (tertiary/aromatic N) is 3. The molecule has 0 aromatic heterocycles. The van der Waals surface area contributed by atoms with E-state index in [0.29, 0.717) is 5.92 Å². The van der Waals surface area contributed by atoms with Crippen molar-refractivity contribution in [2.75, 3.05) is 46.3 Å². The Labute approximate surface area is 144 Å². The lowest BCUT2D eigenvalue weighted by Crippen LogP contribution is -2.46. The van der Waals surface area contributed by atoms with Crippen molar-refractivity contribution in [3.05, 3.63) is 71.3 Å². The molecule has 0 N–H and O–H groups in total. The molecule has 0 spiro atoms. The molecule has 124 valence electrons. The number of benzene rings is 2. The summed E-state index contributed by atoms with van der Waals surface area (Å²) in [5.74, 6) is 0.511. The van der Waals surface area contributed by atoms with Crippen molar-refractivity contribution in [1.82, 2.24) is 9.80 Å². The van der Waals surface area contributed by atoms with Crippen molar-refractivity contribution in [2.24, 2.45) is 4.99 Å². The van der Waals surface area contributed by atoms with Crippen LogP contribution in [0.4, 0.5) is 0 Å². The van der Waals surface area contributed by atoms with Gasteiger partial charge in [-0.15, -0.1) is 0 Å². The SMILES string of the molecule is CN1CCN(CC2CN=C(c3ccccc3)c3ccccc32)CC1. The average Bonchev–Trinajstić information content (AvgIpc) is 2.64. The molecule has 0 aliphatic carbocycles. The molecule has 0 bridgehead atoms. The molecule has 1 saturated heterocycles. The Balaban J connectivity index is 1.58. The minimum absolute atomic E-state index is 0.511. The monoisotopic (exact) mass is 319 g/mol. The molecule has 2 aliphatic heterocycles. The zero-order chi connectivity index (χ0) is 16.4. The van der Waals surface area contributed by atoms with Crippen LogP contribution >= 0.6 is 0 Å². The third-order valence-corrected chi connectivity index (χ3v) is 5.25. The van der Waals surface area contributed by atoms with Crippen molar-refractivity contribution in [3.63, 3.8) is 0 Å². The molecule has 1 atom stereocenters. The lowest BCUT2D eigenvalue weighted by Gasteiger charge is -2.36. The molecule has 2 aliphatic rings. The molecule has 2 aromatic rings. The van der Waals surface area contributed by atoms with E-state index >= 15 is 0 Å². The van der Waals surface area contributed by atoms with Gasteiger partial charge in [-0.2, -0.15) is 0 Å². The second-order valence-electron chi connectivity index (χ2n) is 6.94. The van der Waals surface area contributed by atoms with Crippen LogP contribution in [-0.2, 0) is 0 Å². The fraction of sp³-hybridized carbons (Fsp3) is 0.381. The van der Waals surface area contributed by atoms with Crippen LogP contribution in [0.3, 0.4) is 0 Å². The van der Waals surface area contributed by atoms with Crippen LogP contribution in [-0.4, -0.2) is 61.8 Å². The molecule has 2 heterocycles. The van der Waals surface area contributed by atoms with Gasteiger partial charge in [0.2, 0.25) is 0 Å². The first kappa shape index (κ1) is 15.6. The summed E-state index contributed by atoms with van der Waals surface area (Å²) in [5, 5.41) is 0. The molecule has 3 nitrogen and oxygen atoms in total. The normalized spacial score (nSPS) is 22.0. The van der Waals surface area contributed by atoms with E-state index in [-0.39, 0.29) is 0 Å². The highest BCUT2D eigenvalue weighted by atomic mass is 15.2. The minimum Gasteiger partial charge on any atom is -0.304 e. The number of piperazine rings is 1. The Morgan fingerprint density at radius 1 is 0.917 bits per heavy atom. The summed E-state index contributed by atoms with van der Waals surface area (Å²) < 4.78 is 0. The molecule has 1 fully saturated rings. The summed E-state index contributed by atoms with van der Waals surface area (Å²) in [6.45, 7) is 6.71. The van der Waals surface area contributed by atoms with Gasteiger partial charge in [-0.3, -0.25) is 4.99 Å². The summed E-state index contributed by atoms with van der Waals surface area (Å²) in [4.78, 5) is 10.00. The van der Waals surface area contributed by atoms with E-state index in [2.05, 4.69) is 71.4 Å². The molecule has 2 aromatic carbocycles. The molecule has 3 heteroatoms. The Bertz CT molecular complexity index is 715. The predicted molar refractivity (Wildman–Crippen MR) is 100 cm³/mol. The van der Waals surface area contributed by atoms with Crippen LogP contribution in [0, 0.1) is 0 Å². The van der Waals surface area contributed by atoms with Gasteiger partial charge in [0.05, 0.1) is 5.71 Å². The van der Waals surface area contributed by atoms with Gasteiger partial charge < -0.3 is 9.80 Å². The maximum absolute atomic E-state index is 4.98. The maximum Gasteiger partial charge on any atom is 0.0722 e. The van der Waals surface area contributed by atoms with Gasteiger partial charge >= 0.3 is 0 Å². The summed E-state index contributed by atoms with van der Waals surface area (Å²) in [6.07, 6.45) is 0. The zero-order valence-corrected chi connectivity index (χ0v) is 14.4. The molecule has 0 radical (unpaired) electrons. The van der Waals surface area contributed by atoms with E-state index in [1.165, 1.54) is 42.9 Å². The number of likely N-dealkylation sites (N-methyl/N-ethyl adjacent to an activating group) is 1. The highest BCUT2D eigenvalue weighted by Crippen LogP contribution is 2.29. The van der Waals surface area contributed by atoms with E-state index in [9.17, 15) is 0 Å². The quantitative estimate of drug-likeness (QED) is 0.866. The van der Waals surface area contributed by atoms with Crippen LogP contribution in [0.25, 0.3) is 0 Å². The van der Waals surface area contributed by atoms with E-state index in [4.69, 9.17) is 4.99 Å². The summed E-state index contributed by atoms with van der Waals surface area (Å²) in [5.41, 5.74) is 5.16. The molecule has 24 heavy (non-hydrogen) atoms. The highest BCUT2D eigenvalue weighted by Gasteiger charge is 2.26. The van der Waals surface area contributed by atoms with Crippen LogP contribution < -0.4 is 0 Å². The number of rotatable bonds is 3. The largest absolute Gasteiger partial charge is 0.304 e. The van der Waals surface area contributed by atoms with Crippen molar-refractivity contribution < 1.29 is 0 Å². The van der Waals surface area contributed by atoms with Crippen molar-refractivity contribution in [3.8, 4) is 0 Å². The van der Waals surface area contributed by atoms with Gasteiger partial charge in [-0.1, -0.05) is 54.6 Å². The molecular formula is C21H25N3. The standard InChI is InChI=1S/C21H25N3/c1-23-11-13-24(14-12-23)16-18-15-22-21(17-7-3-2-4-8-17)20-10-6-5-9-19(18)20/h2-10,18H,11-16H2,1H3. The van der Waals surface area contributed by atoms with E-state index in [1.54, 1.807) is 0 Å². The number of fused-ring (bicyclic) bond motifs is 1. The highest BCUT2D eigenvalue weighted by molar-refractivity contribution is 6.14. The second-order valence-corrected chi connectivity index (χ2v) is 6.94. The lowest BCUT2D eigenvalue weighted by atomic mass is 9.86. The van der Waals surface area contributed by atoms with E-state index in [0.717, 1.165) is 18.8 Å². The number of hydrogen-bond acceptors (Lipinski definition) is 3. The van der Waals surface area contributed by atoms with Gasteiger partial charge in [0.1, 0.15) is 0 Å². The lowest BCUT2D eigenvalue weighted by molar-refractivity contribution is 0.147. The van der Waals surface area contributed by atoms with Gasteiger partial charge in [0, 0.05) is 56.3 Å². The Morgan fingerprint density at radius 2 is 1.62 bits per heavy atom. The Morgan fingerprint density at radius 3 is 2.42 bits per heavy atom. The van der Waals surface area contributed by atoms with Crippen LogP contribution in [0.2, 0.25) is 0 Å². The molecule has 0 saturated carbocycles. The Hall–Kier alpha value is -1.97.